The van der Waals surface area contributed by atoms with E-state index in [1.165, 1.54) is 12.8 Å². The molecule has 1 aromatic carbocycles. The van der Waals surface area contributed by atoms with Crippen molar-refractivity contribution in [3.63, 3.8) is 0 Å². The van der Waals surface area contributed by atoms with Gasteiger partial charge < -0.3 is 10.5 Å². The van der Waals surface area contributed by atoms with Crippen molar-refractivity contribution >= 4 is 5.69 Å². The number of hydrogen-bond acceptors (Lipinski definition) is 5. The van der Waals surface area contributed by atoms with Gasteiger partial charge in [0, 0.05) is 12.1 Å². The van der Waals surface area contributed by atoms with Crippen molar-refractivity contribution in [1.29, 1.82) is 0 Å². The molecule has 0 aliphatic carbocycles. The first-order chi connectivity index (χ1) is 9.26. The lowest BCUT2D eigenvalue weighted by Gasteiger charge is -2.07. The summed E-state index contributed by atoms with van der Waals surface area (Å²) >= 11 is 0. The molecule has 1 heterocycles. The zero-order valence-electron chi connectivity index (χ0n) is 11.3. The van der Waals surface area contributed by atoms with Gasteiger partial charge in [0.05, 0.1) is 12.8 Å². The maximum atomic E-state index is 5.91. The van der Waals surface area contributed by atoms with Crippen LogP contribution in [-0.2, 0) is 6.54 Å². The fourth-order valence-electron chi connectivity index (χ4n) is 1.95. The number of hydrogen-bond donors (Lipinski definition) is 1. The van der Waals surface area contributed by atoms with Gasteiger partial charge in [-0.25, -0.2) is 4.68 Å². The van der Waals surface area contributed by atoms with Gasteiger partial charge >= 0.3 is 0 Å². The maximum Gasteiger partial charge on any atom is 0.182 e. The monoisotopic (exact) mass is 261 g/mol. The molecule has 1 aromatic heterocycles. The molecule has 0 atom stereocenters. The molecule has 0 amide bonds. The predicted octanol–water partition coefficient (Wildman–Crippen LogP) is 2.12. The number of aromatic nitrogens is 4. The molecule has 102 valence electrons. The zero-order valence-corrected chi connectivity index (χ0v) is 11.3. The first kappa shape index (κ1) is 13.3. The van der Waals surface area contributed by atoms with Crippen LogP contribution in [0.1, 0.15) is 26.2 Å². The van der Waals surface area contributed by atoms with Crippen molar-refractivity contribution in [2.45, 2.75) is 32.7 Å². The zero-order chi connectivity index (χ0) is 13.7. The van der Waals surface area contributed by atoms with Gasteiger partial charge in [-0.15, -0.1) is 5.10 Å². The van der Waals surface area contributed by atoms with E-state index in [9.17, 15) is 0 Å². The summed E-state index contributed by atoms with van der Waals surface area (Å²) in [5.74, 6) is 1.40. The summed E-state index contributed by atoms with van der Waals surface area (Å²) in [5.41, 5.74) is 7.40. The van der Waals surface area contributed by atoms with Crippen LogP contribution in [0.5, 0.6) is 5.75 Å². The Morgan fingerprint density at radius 2 is 2.16 bits per heavy atom. The normalized spacial score (nSPS) is 10.6. The molecule has 0 bridgehead atoms. The highest BCUT2D eigenvalue weighted by Gasteiger charge is 2.10. The molecule has 6 nitrogen and oxygen atoms in total. The van der Waals surface area contributed by atoms with Gasteiger partial charge in [0.1, 0.15) is 5.75 Å². The largest absolute Gasteiger partial charge is 0.495 e. The van der Waals surface area contributed by atoms with E-state index in [4.69, 9.17) is 10.5 Å². The van der Waals surface area contributed by atoms with Crippen LogP contribution in [0.4, 0.5) is 5.69 Å². The molecule has 0 aliphatic rings. The standard InChI is InChI=1S/C13H19N5O/c1-3-4-5-8-18-13(15-16-17-18)10-6-7-12(19-2)11(14)9-10/h6-7,9H,3-5,8,14H2,1-2H3. The molecule has 0 fully saturated rings. The molecule has 0 aliphatic heterocycles. The minimum absolute atomic E-state index is 0.586. The number of rotatable bonds is 6. The van der Waals surface area contributed by atoms with Crippen molar-refractivity contribution in [3.8, 4) is 17.1 Å². The number of unbranched alkanes of at least 4 members (excludes halogenated alkanes) is 2. The van der Waals surface area contributed by atoms with E-state index in [0.717, 1.165) is 24.4 Å². The van der Waals surface area contributed by atoms with E-state index in [2.05, 4.69) is 22.4 Å². The molecular weight excluding hydrogens is 242 g/mol. The summed E-state index contributed by atoms with van der Waals surface area (Å²) < 4.78 is 6.96. The Kier molecular flexibility index (Phi) is 4.33. The molecule has 0 spiro atoms. The van der Waals surface area contributed by atoms with Crippen LogP contribution in [0.15, 0.2) is 18.2 Å². The summed E-state index contributed by atoms with van der Waals surface area (Å²) in [7, 11) is 1.60. The summed E-state index contributed by atoms with van der Waals surface area (Å²) in [6, 6.07) is 5.58. The molecule has 19 heavy (non-hydrogen) atoms. The molecule has 6 heteroatoms. The first-order valence-corrected chi connectivity index (χ1v) is 6.46. The fourth-order valence-corrected chi connectivity index (χ4v) is 1.95. The van der Waals surface area contributed by atoms with Gasteiger partial charge in [-0.1, -0.05) is 19.8 Å². The SMILES string of the molecule is CCCCCn1nnnc1-c1ccc(OC)c(N)c1. The number of ether oxygens (including phenoxy) is 1. The molecule has 2 aromatic rings. The van der Waals surface area contributed by atoms with E-state index in [0.29, 0.717) is 11.4 Å². The van der Waals surface area contributed by atoms with Gasteiger partial charge in [0.2, 0.25) is 0 Å². The van der Waals surface area contributed by atoms with E-state index in [1.54, 1.807) is 7.11 Å². The molecule has 0 unspecified atom stereocenters. The van der Waals surface area contributed by atoms with Crippen LogP contribution in [0.25, 0.3) is 11.4 Å². The minimum Gasteiger partial charge on any atom is -0.495 e. The summed E-state index contributed by atoms with van der Waals surface area (Å²) in [5, 5.41) is 11.8. The minimum atomic E-state index is 0.586. The average molecular weight is 261 g/mol. The van der Waals surface area contributed by atoms with Crippen LogP contribution in [0.2, 0.25) is 0 Å². The van der Waals surface area contributed by atoms with E-state index in [1.807, 2.05) is 22.9 Å². The number of tetrazole rings is 1. The number of methoxy groups -OCH3 is 1. The first-order valence-electron chi connectivity index (χ1n) is 6.46. The van der Waals surface area contributed by atoms with Gasteiger partial charge in [-0.05, 0) is 35.0 Å². The Labute approximate surface area is 112 Å². The summed E-state index contributed by atoms with van der Waals surface area (Å²) in [4.78, 5) is 0. The summed E-state index contributed by atoms with van der Waals surface area (Å²) in [6.07, 6.45) is 3.41. The van der Waals surface area contributed by atoms with Crippen LogP contribution in [0.3, 0.4) is 0 Å². The highest BCUT2D eigenvalue weighted by Crippen LogP contribution is 2.26. The quantitative estimate of drug-likeness (QED) is 0.636. The van der Waals surface area contributed by atoms with Gasteiger partial charge in [0.25, 0.3) is 0 Å². The van der Waals surface area contributed by atoms with Crippen LogP contribution < -0.4 is 10.5 Å². The second kappa shape index (κ2) is 6.17. The second-order valence-electron chi connectivity index (χ2n) is 4.39. The number of benzene rings is 1. The number of nitrogens with zero attached hydrogens (tertiary/aromatic N) is 4. The van der Waals surface area contributed by atoms with Crippen molar-refractivity contribution in [2.24, 2.45) is 0 Å². The molecular formula is C13H19N5O. The third-order valence-electron chi connectivity index (χ3n) is 2.99. The molecule has 0 saturated heterocycles. The molecule has 2 N–H and O–H groups in total. The van der Waals surface area contributed by atoms with E-state index < -0.39 is 0 Å². The lowest BCUT2D eigenvalue weighted by atomic mass is 10.1. The third-order valence-corrected chi connectivity index (χ3v) is 2.99. The van der Waals surface area contributed by atoms with Crippen LogP contribution in [0, 0.1) is 0 Å². The van der Waals surface area contributed by atoms with Crippen molar-refractivity contribution in [1.82, 2.24) is 20.2 Å². The Hall–Kier alpha value is -2.11. The fraction of sp³-hybridized carbons (Fsp3) is 0.462. The smallest absolute Gasteiger partial charge is 0.182 e. The molecule has 0 saturated carbocycles. The number of nitrogens with two attached hydrogens (primary N) is 1. The highest BCUT2D eigenvalue weighted by molar-refractivity contribution is 5.66. The van der Waals surface area contributed by atoms with Crippen LogP contribution >= 0.6 is 0 Å². The Morgan fingerprint density at radius 1 is 1.32 bits per heavy atom. The second-order valence-corrected chi connectivity index (χ2v) is 4.39. The third kappa shape index (κ3) is 3.01. The lowest BCUT2D eigenvalue weighted by Crippen LogP contribution is -2.03. The lowest BCUT2D eigenvalue weighted by molar-refractivity contribution is 0.417. The predicted molar refractivity (Wildman–Crippen MR) is 73.7 cm³/mol. The van der Waals surface area contributed by atoms with Gasteiger partial charge in [-0.3, -0.25) is 0 Å². The van der Waals surface area contributed by atoms with Crippen molar-refractivity contribution < 1.29 is 4.74 Å². The Morgan fingerprint density at radius 3 is 2.84 bits per heavy atom. The number of aryl methyl sites for hydroxylation is 1. The summed E-state index contributed by atoms with van der Waals surface area (Å²) in [6.45, 7) is 2.99. The Balaban J connectivity index is 2.22. The van der Waals surface area contributed by atoms with E-state index in [-0.39, 0.29) is 0 Å². The highest BCUT2D eigenvalue weighted by atomic mass is 16.5. The van der Waals surface area contributed by atoms with Crippen molar-refractivity contribution in [2.75, 3.05) is 12.8 Å². The van der Waals surface area contributed by atoms with Crippen LogP contribution in [-0.4, -0.2) is 27.3 Å². The van der Waals surface area contributed by atoms with Crippen molar-refractivity contribution in [3.05, 3.63) is 18.2 Å². The topological polar surface area (TPSA) is 78.8 Å². The molecule has 0 radical (unpaired) electrons. The molecule has 2 rings (SSSR count). The average Bonchev–Trinajstić information content (AvgIpc) is 2.87. The van der Waals surface area contributed by atoms with Gasteiger partial charge in [0.15, 0.2) is 5.82 Å². The number of nitrogen functional groups attached to an aromatic ring is 1. The van der Waals surface area contributed by atoms with Gasteiger partial charge in [-0.2, -0.15) is 0 Å². The van der Waals surface area contributed by atoms with E-state index >= 15 is 0 Å². The number of anilines is 1. The maximum absolute atomic E-state index is 5.91. The Bertz CT molecular complexity index is 538.